The van der Waals surface area contributed by atoms with Crippen molar-refractivity contribution in [1.29, 1.82) is 0 Å². The molecule has 1 heterocycles. The van der Waals surface area contributed by atoms with Crippen LogP contribution in [0.25, 0.3) is 10.9 Å². The molecule has 0 aliphatic carbocycles. The summed E-state index contributed by atoms with van der Waals surface area (Å²) in [5.74, 6) is 0.0544. The fraction of sp³-hybridized carbons (Fsp3) is 0.182. The van der Waals surface area contributed by atoms with Gasteiger partial charge in [0.05, 0.1) is 10.5 Å². The number of hydrogen-bond acceptors (Lipinski definition) is 2. The minimum Gasteiger partial charge on any atom is -0.360 e. The number of Topliss-reactive ketones (excluding diaryl/α,β-unsaturated/α-hetero) is 1. The average molecular weight is 223 g/mol. The summed E-state index contributed by atoms with van der Waals surface area (Å²) in [4.78, 5) is 14.7. The van der Waals surface area contributed by atoms with Gasteiger partial charge in [-0.3, -0.25) is 4.79 Å². The van der Waals surface area contributed by atoms with Crippen LogP contribution < -0.4 is 5.73 Å². The van der Waals surface area contributed by atoms with Crippen LogP contribution in [0.4, 0.5) is 0 Å². The number of ketones is 1. The van der Waals surface area contributed by atoms with Gasteiger partial charge in [0.15, 0.2) is 5.78 Å². The zero-order valence-electron chi connectivity index (χ0n) is 8.09. The Balaban J connectivity index is 2.57. The van der Waals surface area contributed by atoms with E-state index in [4.69, 9.17) is 17.3 Å². The summed E-state index contributed by atoms with van der Waals surface area (Å²) in [5, 5.41) is 1.49. The van der Waals surface area contributed by atoms with E-state index < -0.39 is 0 Å². The van der Waals surface area contributed by atoms with Gasteiger partial charge in [0.25, 0.3) is 0 Å². The second-order valence-corrected chi connectivity index (χ2v) is 3.73. The Labute approximate surface area is 92.2 Å². The van der Waals surface area contributed by atoms with Gasteiger partial charge >= 0.3 is 0 Å². The van der Waals surface area contributed by atoms with Crippen molar-refractivity contribution in [3.63, 3.8) is 0 Å². The van der Waals surface area contributed by atoms with E-state index in [2.05, 4.69) is 4.98 Å². The van der Waals surface area contributed by atoms with E-state index in [-0.39, 0.29) is 5.78 Å². The Kier molecular flexibility index (Phi) is 2.75. The summed E-state index contributed by atoms with van der Waals surface area (Å²) in [5.41, 5.74) is 6.85. The molecule has 78 valence electrons. The van der Waals surface area contributed by atoms with Crippen LogP contribution in [0, 0.1) is 0 Å². The van der Waals surface area contributed by atoms with Crippen molar-refractivity contribution >= 4 is 28.3 Å². The predicted octanol–water partition coefficient (Wildman–Crippen LogP) is 2.35. The van der Waals surface area contributed by atoms with Gasteiger partial charge < -0.3 is 10.7 Å². The quantitative estimate of drug-likeness (QED) is 0.784. The van der Waals surface area contributed by atoms with E-state index in [9.17, 15) is 4.79 Å². The summed E-state index contributed by atoms with van der Waals surface area (Å²) in [6.45, 7) is 0.368. The molecule has 0 spiro atoms. The van der Waals surface area contributed by atoms with Gasteiger partial charge in [-0.25, -0.2) is 0 Å². The van der Waals surface area contributed by atoms with Crippen LogP contribution in [0.1, 0.15) is 16.8 Å². The number of nitrogens with two attached hydrogens (primary N) is 1. The summed E-state index contributed by atoms with van der Waals surface area (Å²) in [6, 6.07) is 5.33. The first-order chi connectivity index (χ1) is 7.24. The Morgan fingerprint density at radius 3 is 2.93 bits per heavy atom. The zero-order valence-corrected chi connectivity index (χ0v) is 8.84. The molecule has 0 unspecified atom stereocenters. The largest absolute Gasteiger partial charge is 0.360 e. The van der Waals surface area contributed by atoms with E-state index in [0.29, 0.717) is 23.6 Å². The van der Waals surface area contributed by atoms with Gasteiger partial charge in [0, 0.05) is 23.6 Å². The molecule has 0 saturated carbocycles. The third-order valence-electron chi connectivity index (χ3n) is 2.34. The highest BCUT2D eigenvalue weighted by atomic mass is 35.5. The van der Waals surface area contributed by atoms with Gasteiger partial charge in [0.1, 0.15) is 0 Å². The number of aromatic nitrogens is 1. The van der Waals surface area contributed by atoms with Gasteiger partial charge in [-0.1, -0.05) is 11.6 Å². The minimum atomic E-state index is 0.0544. The molecule has 0 fully saturated rings. The Morgan fingerprint density at radius 2 is 2.20 bits per heavy atom. The summed E-state index contributed by atoms with van der Waals surface area (Å²) < 4.78 is 0. The van der Waals surface area contributed by atoms with Crippen LogP contribution in [0.3, 0.4) is 0 Å². The highest BCUT2D eigenvalue weighted by Gasteiger charge is 2.11. The first-order valence-corrected chi connectivity index (χ1v) is 5.10. The number of halogens is 1. The highest BCUT2D eigenvalue weighted by Crippen LogP contribution is 2.25. The molecule has 3 nitrogen and oxygen atoms in total. The van der Waals surface area contributed by atoms with Crippen molar-refractivity contribution in [2.45, 2.75) is 6.42 Å². The lowest BCUT2D eigenvalue weighted by Gasteiger charge is -2.02. The number of hydrogen-bond donors (Lipinski definition) is 2. The predicted molar refractivity (Wildman–Crippen MR) is 61.3 cm³/mol. The minimum absolute atomic E-state index is 0.0544. The number of carbonyl (C=O) groups excluding carboxylic acids is 1. The molecule has 0 saturated heterocycles. The zero-order chi connectivity index (χ0) is 10.8. The van der Waals surface area contributed by atoms with Gasteiger partial charge in [-0.15, -0.1) is 0 Å². The van der Waals surface area contributed by atoms with Gasteiger partial charge in [-0.05, 0) is 24.7 Å². The van der Waals surface area contributed by atoms with E-state index in [0.717, 1.165) is 10.9 Å². The van der Waals surface area contributed by atoms with Crippen LogP contribution in [0.2, 0.25) is 5.02 Å². The van der Waals surface area contributed by atoms with Crippen molar-refractivity contribution in [2.75, 3.05) is 6.54 Å². The molecule has 2 aromatic rings. The number of aromatic amines is 1. The first-order valence-electron chi connectivity index (χ1n) is 4.73. The third kappa shape index (κ3) is 1.76. The van der Waals surface area contributed by atoms with Crippen molar-refractivity contribution in [2.24, 2.45) is 5.73 Å². The lowest BCUT2D eigenvalue weighted by Crippen LogP contribution is -2.08. The maximum absolute atomic E-state index is 11.7. The highest BCUT2D eigenvalue weighted by molar-refractivity contribution is 6.35. The Hall–Kier alpha value is -1.32. The van der Waals surface area contributed by atoms with Crippen LogP contribution in [0.15, 0.2) is 24.4 Å². The molecule has 15 heavy (non-hydrogen) atoms. The van der Waals surface area contributed by atoms with Crippen LogP contribution in [-0.2, 0) is 0 Å². The average Bonchev–Trinajstić information content (AvgIpc) is 2.68. The number of carbonyl (C=O) groups is 1. The number of H-pyrrole nitrogens is 1. The SMILES string of the molecule is NCCC(=O)c1ccc(Cl)c2[nH]ccc12. The molecule has 0 aliphatic rings. The fourth-order valence-corrected chi connectivity index (χ4v) is 1.85. The lowest BCUT2D eigenvalue weighted by atomic mass is 10.0. The molecule has 0 aliphatic heterocycles. The normalized spacial score (nSPS) is 10.8. The maximum Gasteiger partial charge on any atom is 0.164 e. The summed E-state index contributed by atoms with van der Waals surface area (Å²) >= 11 is 5.98. The van der Waals surface area contributed by atoms with Crippen LogP contribution in [-0.4, -0.2) is 17.3 Å². The molecule has 0 bridgehead atoms. The molecule has 4 heteroatoms. The standard InChI is InChI=1S/C11H11ClN2O/c12-9-2-1-7(10(15)3-5-13)8-4-6-14-11(8)9/h1-2,4,6,14H,3,5,13H2. The van der Waals surface area contributed by atoms with Crippen molar-refractivity contribution in [3.8, 4) is 0 Å². The second-order valence-electron chi connectivity index (χ2n) is 3.32. The second kappa shape index (κ2) is 4.04. The molecule has 3 N–H and O–H groups in total. The van der Waals surface area contributed by atoms with E-state index in [1.807, 2.05) is 6.07 Å². The number of rotatable bonds is 3. The van der Waals surface area contributed by atoms with Gasteiger partial charge in [0.2, 0.25) is 0 Å². The molecule has 0 atom stereocenters. The van der Waals surface area contributed by atoms with Crippen LogP contribution >= 0.6 is 11.6 Å². The monoisotopic (exact) mass is 222 g/mol. The maximum atomic E-state index is 11.7. The first kappa shape index (κ1) is 10.2. The van der Waals surface area contributed by atoms with Crippen molar-refractivity contribution in [1.82, 2.24) is 4.98 Å². The fourth-order valence-electron chi connectivity index (χ4n) is 1.63. The lowest BCUT2D eigenvalue weighted by molar-refractivity contribution is 0.0987. The third-order valence-corrected chi connectivity index (χ3v) is 2.66. The molecular weight excluding hydrogens is 212 g/mol. The van der Waals surface area contributed by atoms with Crippen molar-refractivity contribution < 1.29 is 4.79 Å². The van der Waals surface area contributed by atoms with E-state index in [1.54, 1.807) is 18.3 Å². The number of fused-ring (bicyclic) bond motifs is 1. The van der Waals surface area contributed by atoms with E-state index in [1.165, 1.54) is 0 Å². The van der Waals surface area contributed by atoms with E-state index >= 15 is 0 Å². The topological polar surface area (TPSA) is 58.9 Å². The smallest absolute Gasteiger partial charge is 0.164 e. The summed E-state index contributed by atoms with van der Waals surface area (Å²) in [7, 11) is 0. The van der Waals surface area contributed by atoms with Gasteiger partial charge in [-0.2, -0.15) is 0 Å². The summed E-state index contributed by atoms with van der Waals surface area (Å²) in [6.07, 6.45) is 2.14. The molecule has 1 aromatic carbocycles. The Morgan fingerprint density at radius 1 is 1.40 bits per heavy atom. The molecular formula is C11H11ClN2O. The Bertz CT molecular complexity index is 504. The molecule has 2 rings (SSSR count). The van der Waals surface area contributed by atoms with Crippen molar-refractivity contribution in [3.05, 3.63) is 35.0 Å². The molecule has 0 amide bonds. The number of nitrogens with one attached hydrogen (secondary N) is 1. The number of benzene rings is 1. The molecule has 0 radical (unpaired) electrons. The molecule has 1 aromatic heterocycles. The van der Waals surface area contributed by atoms with Crippen LogP contribution in [0.5, 0.6) is 0 Å².